The number of nitrogens with one attached hydrogen (secondary N) is 2. The quantitative estimate of drug-likeness (QED) is 0.146. The number of aliphatic hydroxyl groups excluding tert-OH is 12. The molecule has 25 heteroatoms. The smallest absolute Gasteiger partial charge is 0.308 e. The van der Waals surface area contributed by atoms with Gasteiger partial charge in [-0.05, 0) is 40.0 Å². The first kappa shape index (κ1) is 68.4. The number of anilines is 1. The molecule has 0 aromatic carbocycles. The van der Waals surface area contributed by atoms with Crippen molar-refractivity contribution in [2.75, 3.05) is 18.5 Å². The fourth-order valence-corrected chi connectivity index (χ4v) is 10.1. The van der Waals surface area contributed by atoms with Crippen molar-refractivity contribution in [1.82, 2.24) is 10.5 Å². The van der Waals surface area contributed by atoms with Crippen molar-refractivity contribution in [3.05, 3.63) is 96.9 Å². The number of nitrogens with zero attached hydrogens (tertiary/aromatic N) is 1. The third-order valence-corrected chi connectivity index (χ3v) is 15.1. The van der Waals surface area contributed by atoms with E-state index in [0.717, 1.165) is 0 Å². The molecular weight excluding hydrogens is 1080 g/mol. The van der Waals surface area contributed by atoms with Crippen molar-refractivity contribution in [1.29, 1.82) is 0 Å². The Morgan fingerprint density at radius 2 is 1.30 bits per heavy atom. The second-order valence-electron chi connectivity index (χ2n) is 22.0. The Balaban J connectivity index is 1.43. The first-order valence-corrected chi connectivity index (χ1v) is 27.8. The van der Waals surface area contributed by atoms with Crippen LogP contribution in [0.4, 0.5) is 5.82 Å². The molecule has 1 aromatic rings. The van der Waals surface area contributed by atoms with Crippen LogP contribution in [0.2, 0.25) is 0 Å². The molecule has 16 N–H and O–H groups in total. The van der Waals surface area contributed by atoms with E-state index in [1.54, 1.807) is 99.8 Å². The maximum Gasteiger partial charge on any atom is 0.308 e. The van der Waals surface area contributed by atoms with Crippen LogP contribution in [0.15, 0.2) is 95.7 Å². The van der Waals surface area contributed by atoms with Crippen LogP contribution in [0.3, 0.4) is 0 Å². The number of rotatable bonds is 7. The van der Waals surface area contributed by atoms with Crippen LogP contribution in [0.25, 0.3) is 0 Å². The summed E-state index contributed by atoms with van der Waals surface area (Å²) in [4.78, 5) is 26.9. The number of aromatic nitrogens is 1. The molecule has 0 saturated carbocycles. The first-order chi connectivity index (χ1) is 38.7. The molecule has 5 rings (SSSR count). The highest BCUT2D eigenvalue weighted by Gasteiger charge is 2.53. The Morgan fingerprint density at radius 1 is 0.683 bits per heavy atom. The molecule has 462 valence electrons. The number of aryl methyl sites for hydroxylation is 1. The molecular formula is C57H87N3O22. The van der Waals surface area contributed by atoms with Gasteiger partial charge in [-0.2, -0.15) is 0 Å². The Bertz CT molecular complexity index is 2350. The van der Waals surface area contributed by atoms with Crippen molar-refractivity contribution in [2.45, 2.75) is 208 Å². The van der Waals surface area contributed by atoms with Gasteiger partial charge in [0.05, 0.1) is 98.7 Å². The summed E-state index contributed by atoms with van der Waals surface area (Å²) in [6.45, 7) is 7.00. The van der Waals surface area contributed by atoms with E-state index in [1.807, 2.05) is 6.92 Å². The highest BCUT2D eigenvalue weighted by atomic mass is 16.7. The van der Waals surface area contributed by atoms with E-state index in [-0.39, 0.29) is 31.0 Å². The summed E-state index contributed by atoms with van der Waals surface area (Å²) in [6, 6.07) is 0.0544. The zero-order valence-corrected chi connectivity index (χ0v) is 46.8. The van der Waals surface area contributed by atoms with Crippen LogP contribution in [0, 0.1) is 24.7 Å². The number of allylic oxidation sites excluding steroid dienone is 12. The number of cyclic esters (lactones) is 1. The van der Waals surface area contributed by atoms with Gasteiger partial charge in [-0.1, -0.05) is 104 Å². The van der Waals surface area contributed by atoms with E-state index in [1.165, 1.54) is 19.1 Å². The minimum atomic E-state index is -2.48. The molecule has 5 heterocycles. The van der Waals surface area contributed by atoms with E-state index in [0.29, 0.717) is 5.76 Å². The van der Waals surface area contributed by atoms with Crippen LogP contribution >= 0.6 is 0 Å². The maximum atomic E-state index is 14.1. The van der Waals surface area contributed by atoms with Crippen LogP contribution in [-0.2, 0) is 33.3 Å². The zero-order chi connectivity index (χ0) is 60.5. The summed E-state index contributed by atoms with van der Waals surface area (Å²) in [7, 11) is 0. The molecule has 0 aliphatic carbocycles. The number of hydrogen-bond acceptors (Lipinski definition) is 24. The summed E-state index contributed by atoms with van der Waals surface area (Å²) in [5.41, 5.74) is 0. The molecule has 4 aliphatic rings. The fraction of sp³-hybridized carbons (Fsp3) is 0.667. The van der Waals surface area contributed by atoms with Crippen LogP contribution < -0.4 is 10.6 Å². The number of carbonyl (C=O) groups is 2. The van der Waals surface area contributed by atoms with Crippen LogP contribution in [0.5, 0.6) is 0 Å². The van der Waals surface area contributed by atoms with Gasteiger partial charge in [0.1, 0.15) is 36.3 Å². The lowest BCUT2D eigenvalue weighted by molar-refractivity contribution is -0.323. The van der Waals surface area contributed by atoms with E-state index < -0.39 is 191 Å². The molecule has 0 radical (unpaired) electrons. The van der Waals surface area contributed by atoms with Gasteiger partial charge in [0.25, 0.3) is 0 Å². The Labute approximate surface area is 476 Å². The predicted molar refractivity (Wildman–Crippen MR) is 292 cm³/mol. The number of fused-ring (bicyclic) bond motifs is 2. The van der Waals surface area contributed by atoms with Gasteiger partial charge < -0.3 is 110 Å². The summed E-state index contributed by atoms with van der Waals surface area (Å²) >= 11 is 0. The lowest BCUT2D eigenvalue weighted by Gasteiger charge is -2.47. The van der Waals surface area contributed by atoms with Gasteiger partial charge in [0.15, 0.2) is 17.9 Å². The number of amides is 1. The summed E-state index contributed by atoms with van der Waals surface area (Å²) in [6.07, 6.45) is -3.94. The number of hydrogen-bond donors (Lipinski definition) is 16. The molecule has 1 aromatic heterocycles. The van der Waals surface area contributed by atoms with Gasteiger partial charge in [-0.25, -0.2) is 0 Å². The highest BCUT2D eigenvalue weighted by molar-refractivity contribution is 5.92. The fourth-order valence-electron chi connectivity index (χ4n) is 10.1. The molecule has 1 amide bonds. The van der Waals surface area contributed by atoms with Gasteiger partial charge >= 0.3 is 5.97 Å². The SMILES string of the molecule is Cc1cc(NC(=O)C2C3C[C@@H](O[C@@H]4O[C@H](C)[C@@H](O)[C@H](NC[C@@]5(O)OC[C@@H](O)[C@@H](O)[C@@H]5O)[C@@H]4O)/C=C/C=C/C=C/C=C/C=C/C=C/C=C/[C@H](C)[C@@H](O)C(C)[C@H](C)OC(=O)C[C@H](O)C[C@H](O)CC[C@@H](O)[C@H](O)C[C@H](O)C[C@](O)(C[C@@H]2O)O3)no1. The normalized spacial score (nSPS) is 44.2. The second kappa shape index (κ2) is 32.2. The molecule has 3 fully saturated rings. The van der Waals surface area contributed by atoms with Gasteiger partial charge in [0.2, 0.25) is 11.7 Å². The summed E-state index contributed by atoms with van der Waals surface area (Å²) in [5, 5.41) is 163. The van der Waals surface area contributed by atoms with Crippen molar-refractivity contribution in [3.8, 4) is 0 Å². The van der Waals surface area contributed by atoms with Crippen molar-refractivity contribution in [3.63, 3.8) is 0 Å². The van der Waals surface area contributed by atoms with Crippen molar-refractivity contribution >= 4 is 17.7 Å². The highest BCUT2D eigenvalue weighted by Crippen LogP contribution is 2.39. The van der Waals surface area contributed by atoms with Crippen LogP contribution in [0.1, 0.15) is 84.8 Å². The molecule has 23 atom stereocenters. The lowest BCUT2D eigenvalue weighted by atomic mass is 9.82. The molecule has 3 unspecified atom stereocenters. The topological polar surface area (TPSA) is 414 Å². The monoisotopic (exact) mass is 1170 g/mol. The number of carbonyl (C=O) groups excluding carboxylic acids is 2. The lowest BCUT2D eigenvalue weighted by Crippen LogP contribution is -2.69. The van der Waals surface area contributed by atoms with Gasteiger partial charge in [-0.3, -0.25) is 9.59 Å². The van der Waals surface area contributed by atoms with Crippen LogP contribution in [-0.4, -0.2) is 223 Å². The first-order valence-electron chi connectivity index (χ1n) is 27.8. The second-order valence-corrected chi connectivity index (χ2v) is 22.0. The Hall–Kier alpha value is -4.43. The Morgan fingerprint density at radius 3 is 1.93 bits per heavy atom. The van der Waals surface area contributed by atoms with Crippen molar-refractivity contribution < 1.29 is 109 Å². The molecule has 0 spiro atoms. The standard InChI is InChI=1S/C57H87N3O22/c1-31-18-16-14-12-10-8-6-7-9-11-13-15-17-19-39(80-55-52(72)48(50(70)35(5)79-55)58-30-57(76)53(73)51(71)43(67)29-77-57)26-44-47(54(74)59-45-22-32(2)82-60-45)42(66)28-56(75,81-44)27-38(63)24-41(65)40(64)21-20-36(61)23-37(62)25-46(68)78-34(4)33(3)49(31)69/h6-19,22,31,33-44,47-53,55,58,61-67,69-73,75-76H,20-21,23-30H2,1-5H3,(H,59,60,74)/b7-6+,10-8+,11-9+,14-12+,15-13+,18-16+,19-17+/t31-,33?,34-,35+,36+,37+,38-,39-,40+,41+,42-,43+,44?,47?,48-,49+,50+,51+,52-,53-,55-,56+,57+/m0/s1. The van der Waals surface area contributed by atoms with E-state index in [4.69, 9.17) is 28.2 Å². The summed E-state index contributed by atoms with van der Waals surface area (Å²) < 4.78 is 34.4. The zero-order valence-electron chi connectivity index (χ0n) is 46.8. The molecule has 2 bridgehead atoms. The maximum absolute atomic E-state index is 14.1. The van der Waals surface area contributed by atoms with E-state index >= 15 is 0 Å². The van der Waals surface area contributed by atoms with Crippen molar-refractivity contribution in [2.24, 2.45) is 17.8 Å². The third kappa shape index (κ3) is 20.4. The predicted octanol–water partition coefficient (Wildman–Crippen LogP) is -1.01. The summed E-state index contributed by atoms with van der Waals surface area (Å²) in [5.74, 6) is -8.43. The molecule has 4 aliphatic heterocycles. The molecule has 3 saturated heterocycles. The largest absolute Gasteiger partial charge is 0.462 e. The Kier molecular flexibility index (Phi) is 26.8. The average molecular weight is 1170 g/mol. The van der Waals surface area contributed by atoms with E-state index in [2.05, 4.69) is 15.8 Å². The number of esters is 1. The van der Waals surface area contributed by atoms with Gasteiger partial charge in [-0.15, -0.1) is 0 Å². The molecule has 82 heavy (non-hydrogen) atoms. The average Bonchev–Trinajstić information content (AvgIpc) is 3.82. The molecule has 25 nitrogen and oxygen atoms in total. The van der Waals surface area contributed by atoms with Gasteiger partial charge in [0, 0.05) is 43.6 Å². The number of ether oxygens (including phenoxy) is 5. The minimum Gasteiger partial charge on any atom is -0.462 e. The minimum absolute atomic E-state index is 0.0132. The number of aliphatic hydroxyl groups is 14. The van der Waals surface area contributed by atoms with E-state index in [9.17, 15) is 81.1 Å². The third-order valence-electron chi connectivity index (χ3n) is 15.1.